The predicted molar refractivity (Wildman–Crippen MR) is 139 cm³/mol. The zero-order valence-electron chi connectivity index (χ0n) is 21.2. The molecule has 7 nitrogen and oxygen atoms in total. The lowest BCUT2D eigenvalue weighted by Gasteiger charge is -2.47. The van der Waals surface area contributed by atoms with E-state index in [-0.39, 0.29) is 17.5 Å². The molecular formula is C27H30F2N4O3S. The van der Waals surface area contributed by atoms with Crippen molar-refractivity contribution in [3.05, 3.63) is 60.2 Å². The predicted octanol–water partition coefficient (Wildman–Crippen LogP) is 5.94. The third kappa shape index (κ3) is 5.65. The van der Waals surface area contributed by atoms with Gasteiger partial charge in [-0.2, -0.15) is 0 Å². The van der Waals surface area contributed by atoms with Gasteiger partial charge in [0.05, 0.1) is 5.66 Å². The van der Waals surface area contributed by atoms with Gasteiger partial charge < -0.3 is 9.64 Å². The minimum Gasteiger partial charge on any atom is -0.444 e. The maximum Gasteiger partial charge on any atom is 0.251 e. The number of anilines is 1. The molecule has 4 rings (SSSR count). The van der Waals surface area contributed by atoms with E-state index in [1.54, 1.807) is 37.8 Å². The van der Waals surface area contributed by atoms with E-state index in [0.29, 0.717) is 22.1 Å². The van der Waals surface area contributed by atoms with Gasteiger partial charge in [0.2, 0.25) is 11.0 Å². The molecule has 2 heterocycles. The fraction of sp³-hybridized carbons (Fsp3) is 0.370. The summed E-state index contributed by atoms with van der Waals surface area (Å²) in [7, 11) is 0. The van der Waals surface area contributed by atoms with E-state index in [0.717, 1.165) is 30.7 Å². The molecule has 1 aliphatic heterocycles. The first-order valence-electron chi connectivity index (χ1n) is 12.1. The molecule has 10 heteroatoms. The average molecular weight is 529 g/mol. The molecule has 37 heavy (non-hydrogen) atoms. The lowest BCUT2D eigenvalue weighted by molar-refractivity contribution is -0.153. The summed E-state index contributed by atoms with van der Waals surface area (Å²) in [6.07, 6.45) is 1.89. The highest BCUT2D eigenvalue weighted by molar-refractivity contribution is 7.18. The highest BCUT2D eigenvalue weighted by Gasteiger charge is 2.48. The maximum atomic E-state index is 13.6. The van der Waals surface area contributed by atoms with E-state index in [1.807, 2.05) is 6.92 Å². The smallest absolute Gasteiger partial charge is 0.251 e. The number of nitrogens with one attached hydrogen (secondary N) is 2. The van der Waals surface area contributed by atoms with Crippen LogP contribution in [0.2, 0.25) is 0 Å². The van der Waals surface area contributed by atoms with Gasteiger partial charge in [0, 0.05) is 12.0 Å². The van der Waals surface area contributed by atoms with E-state index in [2.05, 4.69) is 15.6 Å². The Bertz CT molecular complexity index is 1270. The van der Waals surface area contributed by atoms with Crippen LogP contribution < -0.4 is 15.4 Å². The molecule has 2 aromatic carbocycles. The molecule has 1 aromatic heterocycles. The van der Waals surface area contributed by atoms with Crippen molar-refractivity contribution in [3.8, 4) is 22.1 Å². The quantitative estimate of drug-likeness (QED) is 0.378. The first-order chi connectivity index (χ1) is 17.5. The summed E-state index contributed by atoms with van der Waals surface area (Å²) < 4.78 is 32.9. The van der Waals surface area contributed by atoms with Crippen LogP contribution in [0.4, 0.5) is 13.9 Å². The first kappa shape index (κ1) is 26.7. The van der Waals surface area contributed by atoms with Gasteiger partial charge in [-0.05, 0) is 88.7 Å². The Kier molecular flexibility index (Phi) is 7.61. The average Bonchev–Trinajstić information content (AvgIpc) is 3.47. The summed E-state index contributed by atoms with van der Waals surface area (Å²) in [5.41, 5.74) is -0.862. The molecule has 0 radical (unpaired) electrons. The van der Waals surface area contributed by atoms with Crippen molar-refractivity contribution in [1.29, 1.82) is 0 Å². The topological polar surface area (TPSA) is 83.6 Å². The Labute approximate surface area is 218 Å². The van der Waals surface area contributed by atoms with Crippen LogP contribution in [0.25, 0.3) is 11.3 Å². The summed E-state index contributed by atoms with van der Waals surface area (Å²) in [5.74, 6) is -0.959. The van der Waals surface area contributed by atoms with Crippen molar-refractivity contribution in [1.82, 2.24) is 15.2 Å². The van der Waals surface area contributed by atoms with Crippen molar-refractivity contribution in [2.24, 2.45) is 0 Å². The normalized spacial score (nSPS) is 17.5. The number of hydrogen-bond donors (Lipinski definition) is 2. The van der Waals surface area contributed by atoms with Crippen LogP contribution in [0.15, 0.2) is 48.5 Å². The number of carbonyl (C=O) groups is 2. The second-order valence-electron chi connectivity index (χ2n) is 9.62. The molecule has 1 fully saturated rings. The molecule has 2 amide bonds. The SMILES string of the molecule is CCC(=O)N(C1(C)CCCN1)C(C)(C)C(=O)Nc1nc(-c2ccc(F)cc2)c(Oc2ccc(F)cc2)s1. The van der Waals surface area contributed by atoms with Gasteiger partial charge in [-0.1, -0.05) is 18.3 Å². The van der Waals surface area contributed by atoms with Crippen LogP contribution >= 0.6 is 11.3 Å². The molecule has 1 unspecified atom stereocenters. The zero-order valence-corrected chi connectivity index (χ0v) is 22.0. The second-order valence-corrected chi connectivity index (χ2v) is 10.6. The van der Waals surface area contributed by atoms with Crippen molar-refractivity contribution in [2.75, 3.05) is 11.9 Å². The van der Waals surface area contributed by atoms with Crippen LogP contribution in [0, 0.1) is 11.6 Å². The third-order valence-electron chi connectivity index (χ3n) is 6.46. The number of halogens is 2. The van der Waals surface area contributed by atoms with E-state index in [4.69, 9.17) is 4.74 Å². The van der Waals surface area contributed by atoms with Crippen LogP contribution in [0.1, 0.15) is 47.0 Å². The molecule has 196 valence electrons. The minimum atomic E-state index is -1.20. The number of benzene rings is 2. The van der Waals surface area contributed by atoms with Gasteiger partial charge >= 0.3 is 0 Å². The monoisotopic (exact) mass is 528 g/mol. The number of aromatic nitrogens is 1. The van der Waals surface area contributed by atoms with Crippen LogP contribution in [-0.2, 0) is 9.59 Å². The molecule has 1 aliphatic rings. The fourth-order valence-corrected chi connectivity index (χ4v) is 5.47. The van der Waals surface area contributed by atoms with Crippen LogP contribution in [-0.4, -0.2) is 39.4 Å². The number of rotatable bonds is 8. The summed E-state index contributed by atoms with van der Waals surface area (Å²) in [6, 6.07) is 11.2. The van der Waals surface area contributed by atoms with Gasteiger partial charge in [0.1, 0.15) is 28.6 Å². The molecule has 2 N–H and O–H groups in total. The van der Waals surface area contributed by atoms with Gasteiger partial charge in [-0.3, -0.25) is 20.2 Å². The molecular weight excluding hydrogens is 498 g/mol. The Balaban J connectivity index is 1.66. The number of nitrogens with zero attached hydrogens (tertiary/aromatic N) is 2. The number of carbonyl (C=O) groups excluding carboxylic acids is 2. The summed E-state index contributed by atoms with van der Waals surface area (Å²) in [5, 5.41) is 6.83. The fourth-order valence-electron chi connectivity index (χ4n) is 4.61. The van der Waals surface area contributed by atoms with Gasteiger partial charge in [0.25, 0.3) is 5.91 Å². The van der Waals surface area contributed by atoms with E-state index in [9.17, 15) is 18.4 Å². The van der Waals surface area contributed by atoms with Crippen molar-refractivity contribution >= 4 is 28.3 Å². The first-order valence-corrected chi connectivity index (χ1v) is 12.9. The van der Waals surface area contributed by atoms with Crippen molar-refractivity contribution in [2.45, 2.75) is 58.2 Å². The lowest BCUT2D eigenvalue weighted by Crippen LogP contribution is -2.67. The van der Waals surface area contributed by atoms with Crippen LogP contribution in [0.3, 0.4) is 0 Å². The maximum absolute atomic E-state index is 13.6. The van der Waals surface area contributed by atoms with Crippen LogP contribution in [0.5, 0.6) is 10.8 Å². The zero-order chi connectivity index (χ0) is 26.8. The summed E-state index contributed by atoms with van der Waals surface area (Å²) >= 11 is 1.09. The van der Waals surface area contributed by atoms with E-state index < -0.39 is 28.7 Å². The second kappa shape index (κ2) is 10.5. The molecule has 1 saturated heterocycles. The Morgan fingerprint density at radius 2 is 1.76 bits per heavy atom. The van der Waals surface area contributed by atoms with Crippen molar-refractivity contribution in [3.63, 3.8) is 0 Å². The molecule has 0 spiro atoms. The standard InChI is InChI=1S/C27H30F2N4O3S/c1-5-21(34)33(27(4)15-6-16-30-27)26(2,3)24(35)32-25-31-22(17-7-9-18(28)10-8-17)23(37-25)36-20-13-11-19(29)12-14-20/h7-14,30H,5-6,15-16H2,1-4H3,(H,31,32,35). The summed E-state index contributed by atoms with van der Waals surface area (Å²) in [6.45, 7) is 7.90. The molecule has 0 bridgehead atoms. The van der Waals surface area contributed by atoms with E-state index in [1.165, 1.54) is 36.4 Å². The Hall–Kier alpha value is -3.37. The van der Waals surface area contributed by atoms with Crippen molar-refractivity contribution < 1.29 is 23.1 Å². The third-order valence-corrected chi connectivity index (χ3v) is 7.31. The number of hydrogen-bond acceptors (Lipinski definition) is 6. The van der Waals surface area contributed by atoms with E-state index >= 15 is 0 Å². The number of amides is 2. The molecule has 0 saturated carbocycles. The highest BCUT2D eigenvalue weighted by Crippen LogP contribution is 2.41. The van der Waals surface area contributed by atoms with Gasteiger partial charge in [0.15, 0.2) is 5.13 Å². The summed E-state index contributed by atoms with van der Waals surface area (Å²) in [4.78, 5) is 32.8. The number of ether oxygens (including phenoxy) is 1. The van der Waals surface area contributed by atoms with Gasteiger partial charge in [-0.15, -0.1) is 0 Å². The minimum absolute atomic E-state index is 0.136. The Morgan fingerprint density at radius 1 is 1.14 bits per heavy atom. The Morgan fingerprint density at radius 3 is 2.32 bits per heavy atom. The lowest BCUT2D eigenvalue weighted by atomic mass is 9.94. The highest BCUT2D eigenvalue weighted by atomic mass is 32.1. The van der Waals surface area contributed by atoms with Gasteiger partial charge in [-0.25, -0.2) is 13.8 Å². The number of thiazole rings is 1. The molecule has 0 aliphatic carbocycles. The largest absolute Gasteiger partial charge is 0.444 e. The molecule has 1 atom stereocenters. The molecule has 3 aromatic rings.